The lowest BCUT2D eigenvalue weighted by Gasteiger charge is -2.21. The molecule has 0 spiro atoms. The maximum absolute atomic E-state index is 13.0. The molecule has 0 saturated heterocycles. The molecule has 0 saturated carbocycles. The molecule has 558 valence electrons. The Bertz CT molecular complexity index is 1850. The maximum Gasteiger partial charge on any atom is 0.472 e. The molecule has 0 aliphatic heterocycles. The van der Waals surface area contributed by atoms with Crippen LogP contribution < -0.4 is 0 Å². The third kappa shape index (κ3) is 67.3. The maximum atomic E-state index is 13.0. The lowest BCUT2D eigenvalue weighted by Crippen LogP contribution is -2.30. The third-order valence-corrected chi connectivity index (χ3v) is 19.6. The van der Waals surface area contributed by atoms with Gasteiger partial charge in [-0.25, -0.2) is 9.13 Å². The summed E-state index contributed by atoms with van der Waals surface area (Å²) in [6.07, 6.45) is 49.0. The standard InChI is InChI=1S/C75H146O17P2/c1-9-68(8)54-46-38-28-24-20-16-14-12-10-11-13-15-17-21-25-29-41-49-57-74(79)91-70(61-85-72(77)55-47-39-33-31-36-44-52-66(4)5)63-89-93(81,82)87-59-69(76)60-88-94(83,84)90-64-71(62-86-73(78)56-48-40-34-32-37-45-53-67(6)7)92-75(80)58-50-42-30-26-22-18-19-23-27-35-43-51-65(2)3/h65-71,76H,9-64H2,1-8H3,(H,81,82)(H,83,84)/t68?,69-,70+,71+/m0/s1. The van der Waals surface area contributed by atoms with Crippen LogP contribution in [0.2, 0.25) is 0 Å². The molecule has 94 heavy (non-hydrogen) atoms. The van der Waals surface area contributed by atoms with Crippen LogP contribution in [0.3, 0.4) is 0 Å². The molecule has 0 aromatic rings. The Hall–Kier alpha value is -1.94. The van der Waals surface area contributed by atoms with Gasteiger partial charge in [0.2, 0.25) is 0 Å². The van der Waals surface area contributed by atoms with E-state index in [9.17, 15) is 43.2 Å². The predicted molar refractivity (Wildman–Crippen MR) is 381 cm³/mol. The fourth-order valence-electron chi connectivity index (χ4n) is 11.3. The number of unbranched alkanes of at least 4 members (excludes halogenated alkanes) is 37. The Morgan fingerprint density at radius 3 is 0.755 bits per heavy atom. The van der Waals surface area contributed by atoms with Crippen molar-refractivity contribution in [1.82, 2.24) is 0 Å². The van der Waals surface area contributed by atoms with E-state index in [1.165, 1.54) is 167 Å². The van der Waals surface area contributed by atoms with Crippen LogP contribution in [-0.2, 0) is 65.4 Å². The van der Waals surface area contributed by atoms with Crippen molar-refractivity contribution in [2.24, 2.45) is 23.7 Å². The number of ether oxygens (including phenoxy) is 4. The largest absolute Gasteiger partial charge is 0.472 e. The summed E-state index contributed by atoms with van der Waals surface area (Å²) in [6, 6.07) is 0. The van der Waals surface area contributed by atoms with Crippen LogP contribution in [0, 0.1) is 23.7 Å². The summed E-state index contributed by atoms with van der Waals surface area (Å²) in [5, 5.41) is 10.6. The van der Waals surface area contributed by atoms with Crippen LogP contribution in [-0.4, -0.2) is 96.7 Å². The number of carbonyl (C=O) groups excluding carboxylic acids is 4. The highest BCUT2D eigenvalue weighted by Gasteiger charge is 2.30. The second-order valence-electron chi connectivity index (χ2n) is 28.7. The molecule has 0 heterocycles. The lowest BCUT2D eigenvalue weighted by atomic mass is 9.99. The number of hydrogen-bond donors (Lipinski definition) is 3. The van der Waals surface area contributed by atoms with Crippen LogP contribution in [0.15, 0.2) is 0 Å². The summed E-state index contributed by atoms with van der Waals surface area (Å²) in [7, 11) is -9.91. The van der Waals surface area contributed by atoms with Crippen LogP contribution >= 0.6 is 15.6 Å². The molecule has 0 aromatic heterocycles. The zero-order valence-corrected chi connectivity index (χ0v) is 63.4. The molecule has 19 heteroatoms. The summed E-state index contributed by atoms with van der Waals surface area (Å²) in [5.74, 6) is 0.867. The van der Waals surface area contributed by atoms with Gasteiger partial charge in [-0.2, -0.15) is 0 Å². The molecule has 3 unspecified atom stereocenters. The number of esters is 4. The van der Waals surface area contributed by atoms with Crippen LogP contribution in [0.4, 0.5) is 0 Å². The van der Waals surface area contributed by atoms with Gasteiger partial charge >= 0.3 is 39.5 Å². The number of carbonyl (C=O) groups is 4. The quantitative estimate of drug-likeness (QED) is 0.0222. The molecule has 0 rings (SSSR count). The van der Waals surface area contributed by atoms with Crippen LogP contribution in [0.1, 0.15) is 376 Å². The van der Waals surface area contributed by atoms with Gasteiger partial charge in [0.15, 0.2) is 12.2 Å². The molecule has 0 bridgehead atoms. The Balaban J connectivity index is 5.13. The highest BCUT2D eigenvalue weighted by molar-refractivity contribution is 7.47. The topological polar surface area (TPSA) is 237 Å². The highest BCUT2D eigenvalue weighted by Crippen LogP contribution is 2.45. The molecule has 17 nitrogen and oxygen atoms in total. The van der Waals surface area contributed by atoms with Crippen molar-refractivity contribution in [1.29, 1.82) is 0 Å². The summed E-state index contributed by atoms with van der Waals surface area (Å²) in [5.41, 5.74) is 0. The second-order valence-corrected chi connectivity index (χ2v) is 31.6. The number of aliphatic hydroxyl groups excluding tert-OH is 1. The Morgan fingerprint density at radius 1 is 0.298 bits per heavy atom. The molecule has 3 N–H and O–H groups in total. The lowest BCUT2D eigenvalue weighted by molar-refractivity contribution is -0.161. The zero-order chi connectivity index (χ0) is 69.6. The van der Waals surface area contributed by atoms with E-state index in [1.54, 1.807) is 0 Å². The van der Waals surface area contributed by atoms with Gasteiger partial charge in [-0.15, -0.1) is 0 Å². The molecule has 0 aliphatic rings. The molecule has 0 aromatic carbocycles. The van der Waals surface area contributed by atoms with Gasteiger partial charge in [0, 0.05) is 25.7 Å². The first kappa shape index (κ1) is 92.1. The summed E-state index contributed by atoms with van der Waals surface area (Å²) < 4.78 is 68.4. The van der Waals surface area contributed by atoms with Crippen molar-refractivity contribution in [3.05, 3.63) is 0 Å². The smallest absolute Gasteiger partial charge is 0.462 e. The summed E-state index contributed by atoms with van der Waals surface area (Å²) >= 11 is 0. The molecule has 0 radical (unpaired) electrons. The van der Waals surface area contributed by atoms with Gasteiger partial charge in [-0.05, 0) is 49.4 Å². The Morgan fingerprint density at radius 2 is 0.511 bits per heavy atom. The normalized spacial score (nSPS) is 14.4. The minimum absolute atomic E-state index is 0.105. The van der Waals surface area contributed by atoms with Gasteiger partial charge < -0.3 is 33.8 Å². The van der Waals surface area contributed by atoms with Gasteiger partial charge in [-0.1, -0.05) is 325 Å². The molecule has 0 aliphatic carbocycles. The van der Waals surface area contributed by atoms with Crippen molar-refractivity contribution in [3.8, 4) is 0 Å². The average molecular weight is 1380 g/mol. The van der Waals surface area contributed by atoms with Crippen molar-refractivity contribution in [2.75, 3.05) is 39.6 Å². The van der Waals surface area contributed by atoms with E-state index in [4.69, 9.17) is 37.0 Å². The molecule has 6 atom stereocenters. The monoisotopic (exact) mass is 1380 g/mol. The van der Waals surface area contributed by atoms with Crippen molar-refractivity contribution < 1.29 is 80.2 Å². The number of phosphoric acid groups is 2. The van der Waals surface area contributed by atoms with Crippen LogP contribution in [0.5, 0.6) is 0 Å². The first-order valence-corrected chi connectivity index (χ1v) is 41.7. The average Bonchev–Trinajstić information content (AvgIpc) is 1.18. The molecular formula is C75H146O17P2. The van der Waals surface area contributed by atoms with Gasteiger partial charge in [-0.3, -0.25) is 37.3 Å². The second kappa shape index (κ2) is 64.4. The van der Waals surface area contributed by atoms with Crippen molar-refractivity contribution in [3.63, 3.8) is 0 Å². The van der Waals surface area contributed by atoms with Crippen molar-refractivity contribution >= 4 is 39.5 Å². The van der Waals surface area contributed by atoms with E-state index in [0.29, 0.717) is 37.5 Å². The fourth-order valence-corrected chi connectivity index (χ4v) is 12.9. The fraction of sp³-hybridized carbons (Fsp3) is 0.947. The molecule has 0 amide bonds. The van der Waals surface area contributed by atoms with E-state index in [-0.39, 0.29) is 25.7 Å². The molecule has 0 fully saturated rings. The van der Waals surface area contributed by atoms with Gasteiger partial charge in [0.25, 0.3) is 0 Å². The summed E-state index contributed by atoms with van der Waals surface area (Å²) in [4.78, 5) is 72.6. The third-order valence-electron chi connectivity index (χ3n) is 17.7. The highest BCUT2D eigenvalue weighted by atomic mass is 31.2. The first-order chi connectivity index (χ1) is 45.1. The minimum Gasteiger partial charge on any atom is -0.462 e. The SMILES string of the molecule is CCC(C)CCCCCCCCCCCCCCCCCCCCC(=O)O[C@H](COC(=O)CCCCCCCCC(C)C)COP(=O)(O)OC[C@H](O)COP(=O)(O)OC[C@@H](COC(=O)CCCCCCCCC(C)C)OC(=O)CCCCCCCCCCCCCC(C)C. The van der Waals surface area contributed by atoms with E-state index >= 15 is 0 Å². The minimum atomic E-state index is -4.95. The number of aliphatic hydroxyl groups is 1. The summed E-state index contributed by atoms with van der Waals surface area (Å²) in [6.45, 7) is 14.1. The van der Waals surface area contributed by atoms with Gasteiger partial charge in [0.05, 0.1) is 26.4 Å². The number of rotatable bonds is 72. The Kier molecular flexibility index (Phi) is 63.1. The van der Waals surface area contributed by atoms with Gasteiger partial charge in [0.1, 0.15) is 19.3 Å². The zero-order valence-electron chi connectivity index (χ0n) is 61.6. The molecular weight excluding hydrogens is 1230 g/mol. The predicted octanol–water partition coefficient (Wildman–Crippen LogP) is 21.7. The van der Waals surface area contributed by atoms with E-state index < -0.39 is 97.5 Å². The first-order valence-electron chi connectivity index (χ1n) is 38.7. The van der Waals surface area contributed by atoms with Crippen LogP contribution in [0.25, 0.3) is 0 Å². The van der Waals surface area contributed by atoms with E-state index in [0.717, 1.165) is 115 Å². The van der Waals surface area contributed by atoms with E-state index in [2.05, 4.69) is 55.4 Å². The Labute approximate surface area is 575 Å². The van der Waals surface area contributed by atoms with Crippen molar-refractivity contribution in [2.45, 2.75) is 395 Å². The van der Waals surface area contributed by atoms with E-state index in [1.807, 2.05) is 0 Å². The number of hydrogen-bond acceptors (Lipinski definition) is 15. The number of phosphoric ester groups is 2.